The summed E-state index contributed by atoms with van der Waals surface area (Å²) in [6.45, 7) is 2.85. The van der Waals surface area contributed by atoms with E-state index in [0.29, 0.717) is 0 Å². The number of amides is 1. The Kier molecular flexibility index (Phi) is 2.94. The smallest absolute Gasteiger partial charge is 0.244 e. The van der Waals surface area contributed by atoms with Gasteiger partial charge >= 0.3 is 0 Å². The summed E-state index contributed by atoms with van der Waals surface area (Å²) in [5.41, 5.74) is 0. The highest BCUT2D eigenvalue weighted by Gasteiger charge is 1.99. The second-order valence-corrected chi connectivity index (χ2v) is 1.32. The Balaban J connectivity index is 4.16. The van der Waals surface area contributed by atoms with Crippen molar-refractivity contribution in [3.05, 3.63) is 0 Å². The minimum atomic E-state index is -0.355. The van der Waals surface area contributed by atoms with Gasteiger partial charge in [-0.1, -0.05) is 5.92 Å². The summed E-state index contributed by atoms with van der Waals surface area (Å²) in [5.74, 6) is 2.08. The Labute approximate surface area is 53.9 Å². The van der Waals surface area contributed by atoms with E-state index in [1.807, 2.05) is 0 Å². The van der Waals surface area contributed by atoms with Crippen molar-refractivity contribution in [1.29, 1.82) is 5.26 Å². The van der Waals surface area contributed by atoms with Crippen molar-refractivity contribution in [1.82, 2.24) is 4.90 Å². The Morgan fingerprint density at radius 3 is 2.33 bits per heavy atom. The molecular weight excluding hydrogens is 116 g/mol. The van der Waals surface area contributed by atoms with Gasteiger partial charge in [-0.2, -0.15) is 10.2 Å². The van der Waals surface area contributed by atoms with E-state index in [-0.39, 0.29) is 5.91 Å². The van der Waals surface area contributed by atoms with Gasteiger partial charge < -0.3 is 0 Å². The zero-order valence-corrected chi connectivity index (χ0v) is 5.30. The summed E-state index contributed by atoms with van der Waals surface area (Å²) >= 11 is 0. The van der Waals surface area contributed by atoms with Crippen LogP contribution in [-0.4, -0.2) is 10.8 Å². The average Bonchev–Trinajstić information content (AvgIpc) is 1.82. The predicted molar refractivity (Wildman–Crippen MR) is 31.6 cm³/mol. The topological polar surface area (TPSA) is 44.1 Å². The highest BCUT2D eigenvalue weighted by Crippen LogP contribution is 1.80. The van der Waals surface area contributed by atoms with E-state index >= 15 is 0 Å². The van der Waals surface area contributed by atoms with Crippen LogP contribution >= 0.6 is 0 Å². The lowest BCUT2D eigenvalue weighted by Crippen LogP contribution is -2.16. The molecule has 3 heteroatoms. The van der Waals surface area contributed by atoms with E-state index in [2.05, 4.69) is 12.0 Å². The summed E-state index contributed by atoms with van der Waals surface area (Å²) < 4.78 is 0. The van der Waals surface area contributed by atoms with Crippen LogP contribution in [0.1, 0.15) is 13.8 Å². The van der Waals surface area contributed by atoms with Gasteiger partial charge in [0, 0.05) is 13.0 Å². The molecule has 9 heavy (non-hydrogen) atoms. The molecule has 0 saturated heterocycles. The molecule has 0 aliphatic carbocycles. The number of rotatable bonds is 0. The standard InChI is InChI=1S/C6H6N2O/c1-3-4-8(5-7)6(2)9/h1-2H3. The molecular formula is C6H6N2O. The molecule has 0 saturated carbocycles. The molecule has 0 bridgehead atoms. The third-order valence-corrected chi connectivity index (χ3v) is 0.639. The van der Waals surface area contributed by atoms with Crippen LogP contribution in [0.3, 0.4) is 0 Å². The minimum absolute atomic E-state index is 0.355. The van der Waals surface area contributed by atoms with Gasteiger partial charge in [0.2, 0.25) is 5.91 Å². The maximum atomic E-state index is 10.4. The fourth-order valence-electron chi connectivity index (χ4n) is 0.286. The van der Waals surface area contributed by atoms with Crippen molar-refractivity contribution < 1.29 is 4.79 Å². The van der Waals surface area contributed by atoms with Crippen LogP contribution in [-0.2, 0) is 4.79 Å². The normalized spacial score (nSPS) is 6.33. The monoisotopic (exact) mass is 122 g/mol. The van der Waals surface area contributed by atoms with Crippen LogP contribution < -0.4 is 0 Å². The van der Waals surface area contributed by atoms with Crippen LogP contribution in [0, 0.1) is 23.4 Å². The number of carbonyl (C=O) groups is 1. The molecule has 0 aromatic rings. The molecule has 1 amide bonds. The molecule has 0 rings (SSSR count). The first-order valence-electron chi connectivity index (χ1n) is 2.35. The van der Waals surface area contributed by atoms with Gasteiger partial charge in [0.15, 0.2) is 6.19 Å². The number of nitriles is 1. The molecule has 0 N–H and O–H groups in total. The van der Waals surface area contributed by atoms with E-state index in [0.717, 1.165) is 4.90 Å². The van der Waals surface area contributed by atoms with E-state index < -0.39 is 0 Å². The third-order valence-electron chi connectivity index (χ3n) is 0.639. The molecule has 0 radical (unpaired) electrons. The minimum Gasteiger partial charge on any atom is -0.273 e. The maximum Gasteiger partial charge on any atom is 0.244 e. The molecule has 0 atom stereocenters. The van der Waals surface area contributed by atoms with Gasteiger partial charge in [0.25, 0.3) is 0 Å². The molecule has 0 fully saturated rings. The van der Waals surface area contributed by atoms with E-state index in [1.165, 1.54) is 6.92 Å². The lowest BCUT2D eigenvalue weighted by atomic mass is 10.6. The van der Waals surface area contributed by atoms with Crippen molar-refractivity contribution >= 4 is 5.91 Å². The lowest BCUT2D eigenvalue weighted by molar-refractivity contribution is -0.123. The van der Waals surface area contributed by atoms with Gasteiger partial charge in [-0.25, -0.2) is 0 Å². The summed E-state index contributed by atoms with van der Waals surface area (Å²) in [5, 5.41) is 8.18. The molecule has 0 aliphatic rings. The van der Waals surface area contributed by atoms with Crippen molar-refractivity contribution in [2.45, 2.75) is 13.8 Å². The number of nitrogens with zero attached hydrogens (tertiary/aromatic N) is 2. The Hall–Kier alpha value is -1.48. The van der Waals surface area contributed by atoms with E-state index in [4.69, 9.17) is 5.26 Å². The van der Waals surface area contributed by atoms with Gasteiger partial charge in [-0.3, -0.25) is 4.79 Å². The second kappa shape index (κ2) is 3.51. The van der Waals surface area contributed by atoms with Crippen LogP contribution in [0.2, 0.25) is 0 Å². The van der Waals surface area contributed by atoms with Crippen LogP contribution in [0.5, 0.6) is 0 Å². The quantitative estimate of drug-likeness (QED) is 0.263. The average molecular weight is 122 g/mol. The van der Waals surface area contributed by atoms with Crippen LogP contribution in [0.4, 0.5) is 0 Å². The SMILES string of the molecule is CC#CN(C#N)C(C)=O. The fourth-order valence-corrected chi connectivity index (χ4v) is 0.286. The number of carbonyl (C=O) groups excluding carboxylic acids is 1. The number of hydrogen-bond donors (Lipinski definition) is 0. The van der Waals surface area contributed by atoms with Crippen molar-refractivity contribution in [3.63, 3.8) is 0 Å². The molecule has 0 aromatic carbocycles. The molecule has 0 heterocycles. The van der Waals surface area contributed by atoms with Crippen molar-refractivity contribution in [2.75, 3.05) is 0 Å². The van der Waals surface area contributed by atoms with Crippen molar-refractivity contribution in [2.24, 2.45) is 0 Å². The predicted octanol–water partition coefficient (Wildman–Crippen LogP) is 0.297. The molecule has 0 aliphatic heterocycles. The first-order valence-corrected chi connectivity index (χ1v) is 2.35. The third kappa shape index (κ3) is 2.36. The summed E-state index contributed by atoms with van der Waals surface area (Å²) in [7, 11) is 0. The second-order valence-electron chi connectivity index (χ2n) is 1.32. The van der Waals surface area contributed by atoms with Gasteiger partial charge in [-0.15, -0.1) is 0 Å². The molecule has 0 aromatic heterocycles. The fraction of sp³-hybridized carbons (Fsp3) is 0.333. The van der Waals surface area contributed by atoms with E-state index in [1.54, 1.807) is 13.1 Å². The Morgan fingerprint density at radius 1 is 1.67 bits per heavy atom. The van der Waals surface area contributed by atoms with Gasteiger partial charge in [0.05, 0.1) is 0 Å². The largest absolute Gasteiger partial charge is 0.273 e. The van der Waals surface area contributed by atoms with E-state index in [9.17, 15) is 4.79 Å². The van der Waals surface area contributed by atoms with Gasteiger partial charge in [0.1, 0.15) is 0 Å². The maximum absolute atomic E-state index is 10.4. The first-order chi connectivity index (χ1) is 4.22. The molecule has 0 unspecified atom stereocenters. The lowest BCUT2D eigenvalue weighted by Gasteiger charge is -1.96. The summed E-state index contributed by atoms with van der Waals surface area (Å²) in [4.78, 5) is 11.1. The first kappa shape index (κ1) is 7.52. The Bertz CT molecular complexity index is 203. The van der Waals surface area contributed by atoms with Crippen molar-refractivity contribution in [3.8, 4) is 18.2 Å². The molecule has 0 spiro atoms. The van der Waals surface area contributed by atoms with Gasteiger partial charge in [-0.05, 0) is 6.92 Å². The molecule has 46 valence electrons. The summed E-state index contributed by atoms with van der Waals surface area (Å²) in [6.07, 6.45) is 1.61. The highest BCUT2D eigenvalue weighted by molar-refractivity contribution is 5.76. The zero-order valence-electron chi connectivity index (χ0n) is 5.30. The number of hydrogen-bond acceptors (Lipinski definition) is 2. The molecule has 3 nitrogen and oxygen atoms in total. The van der Waals surface area contributed by atoms with Crippen LogP contribution in [0.15, 0.2) is 0 Å². The summed E-state index contributed by atoms with van der Waals surface area (Å²) in [6, 6.07) is 2.30. The van der Waals surface area contributed by atoms with Crippen LogP contribution in [0.25, 0.3) is 0 Å². The Morgan fingerprint density at radius 2 is 2.22 bits per heavy atom. The highest BCUT2D eigenvalue weighted by atomic mass is 16.2. The zero-order chi connectivity index (χ0) is 7.28.